The molecule has 3 N–H and O–H groups in total. The molecule has 176 valence electrons. The number of hydrogen-bond donors (Lipinski definition) is 3. The molecular formula is C27H45NO3. The molecule has 4 heteroatoms. The minimum atomic E-state index is -0.598. The number of aliphatic hydroxyl groups excluding tert-OH is 2. The van der Waals surface area contributed by atoms with Crippen LogP contribution in [0.1, 0.15) is 85.0 Å². The number of ether oxygens (including phenoxy) is 1. The van der Waals surface area contributed by atoms with E-state index in [1.54, 1.807) is 0 Å². The SMILES string of the molecule is C[C@H]1[C@H]2[C@H](C[C@H]3[C@@H]4CCC5CCCC[C@]5(C)[C@H]4CC[C@]23C)O[C@]12NC[C@@H](CO)C[C@H]2O. The zero-order chi connectivity index (χ0) is 21.6. The molecule has 0 amide bonds. The van der Waals surface area contributed by atoms with Gasteiger partial charge in [0.25, 0.3) is 0 Å². The minimum absolute atomic E-state index is 0.141. The number of rotatable bonds is 1. The molecule has 2 aliphatic heterocycles. The summed E-state index contributed by atoms with van der Waals surface area (Å²) >= 11 is 0. The molecule has 6 rings (SSSR count). The molecule has 4 nitrogen and oxygen atoms in total. The smallest absolute Gasteiger partial charge is 0.148 e. The van der Waals surface area contributed by atoms with Crippen LogP contribution in [-0.4, -0.2) is 41.3 Å². The highest BCUT2D eigenvalue weighted by atomic mass is 16.5. The molecule has 1 spiro atoms. The second-order valence-electron chi connectivity index (χ2n) is 13.1. The molecule has 0 aromatic heterocycles. The van der Waals surface area contributed by atoms with Crippen molar-refractivity contribution in [3.63, 3.8) is 0 Å². The van der Waals surface area contributed by atoms with Gasteiger partial charge in [0, 0.05) is 19.1 Å². The van der Waals surface area contributed by atoms with Crippen molar-refractivity contribution in [2.45, 2.75) is 103 Å². The van der Waals surface area contributed by atoms with Crippen molar-refractivity contribution in [1.29, 1.82) is 0 Å². The average Bonchev–Trinajstić information content (AvgIpc) is 3.21. The van der Waals surface area contributed by atoms with Crippen LogP contribution < -0.4 is 5.32 Å². The van der Waals surface area contributed by atoms with Gasteiger partial charge >= 0.3 is 0 Å². The summed E-state index contributed by atoms with van der Waals surface area (Å²) in [7, 11) is 0. The number of fused-ring (bicyclic) bond motifs is 7. The van der Waals surface area contributed by atoms with Crippen LogP contribution in [0.5, 0.6) is 0 Å². The fraction of sp³-hybridized carbons (Fsp3) is 1.00. The maximum atomic E-state index is 11.1. The topological polar surface area (TPSA) is 61.7 Å². The van der Waals surface area contributed by atoms with Gasteiger partial charge in [-0.1, -0.05) is 33.6 Å². The van der Waals surface area contributed by atoms with E-state index in [1.165, 1.54) is 57.8 Å². The van der Waals surface area contributed by atoms with Gasteiger partial charge in [-0.15, -0.1) is 0 Å². The fourth-order valence-corrected chi connectivity index (χ4v) is 10.7. The summed E-state index contributed by atoms with van der Waals surface area (Å²) < 4.78 is 6.86. The monoisotopic (exact) mass is 431 g/mol. The van der Waals surface area contributed by atoms with Crippen molar-refractivity contribution < 1.29 is 14.9 Å². The lowest BCUT2D eigenvalue weighted by Crippen LogP contribution is -2.64. The zero-order valence-electron chi connectivity index (χ0n) is 20.0. The van der Waals surface area contributed by atoms with Gasteiger partial charge in [-0.25, -0.2) is 0 Å². The molecular weight excluding hydrogens is 386 g/mol. The van der Waals surface area contributed by atoms with Crippen LogP contribution in [0, 0.1) is 52.3 Å². The highest BCUT2D eigenvalue weighted by molar-refractivity contribution is 5.17. The Hall–Kier alpha value is -0.160. The Morgan fingerprint density at radius 1 is 0.968 bits per heavy atom. The maximum absolute atomic E-state index is 11.1. The Morgan fingerprint density at radius 2 is 1.81 bits per heavy atom. The lowest BCUT2D eigenvalue weighted by molar-refractivity contribution is -0.182. The highest BCUT2D eigenvalue weighted by Gasteiger charge is 2.69. The molecule has 2 heterocycles. The van der Waals surface area contributed by atoms with Crippen molar-refractivity contribution >= 4 is 0 Å². The first-order valence-corrected chi connectivity index (χ1v) is 13.6. The predicted octanol–water partition coefficient (Wildman–Crippen LogP) is 4.34. The van der Waals surface area contributed by atoms with Crippen LogP contribution in [-0.2, 0) is 4.74 Å². The molecule has 1 unspecified atom stereocenters. The van der Waals surface area contributed by atoms with E-state index in [4.69, 9.17) is 4.74 Å². The summed E-state index contributed by atoms with van der Waals surface area (Å²) in [5.74, 6) is 4.60. The summed E-state index contributed by atoms with van der Waals surface area (Å²) in [6, 6.07) is 0. The normalized spacial score (nSPS) is 60.9. The summed E-state index contributed by atoms with van der Waals surface area (Å²) in [6.45, 7) is 8.50. The fourth-order valence-electron chi connectivity index (χ4n) is 10.7. The maximum Gasteiger partial charge on any atom is 0.148 e. The molecule has 0 radical (unpaired) electrons. The number of aliphatic hydroxyl groups is 2. The van der Waals surface area contributed by atoms with E-state index in [0.717, 1.165) is 30.2 Å². The summed E-state index contributed by atoms with van der Waals surface area (Å²) in [5, 5.41) is 24.3. The number of piperidine rings is 1. The Morgan fingerprint density at radius 3 is 2.58 bits per heavy atom. The van der Waals surface area contributed by atoms with Gasteiger partial charge in [0.05, 0.1) is 12.2 Å². The van der Waals surface area contributed by atoms with Crippen molar-refractivity contribution in [3.05, 3.63) is 0 Å². The Bertz CT molecular complexity index is 715. The number of hydrogen-bond acceptors (Lipinski definition) is 4. The third kappa shape index (κ3) is 2.74. The first-order valence-electron chi connectivity index (χ1n) is 13.6. The largest absolute Gasteiger partial charge is 0.396 e. The van der Waals surface area contributed by atoms with Crippen molar-refractivity contribution in [2.75, 3.05) is 13.2 Å². The predicted molar refractivity (Wildman–Crippen MR) is 121 cm³/mol. The van der Waals surface area contributed by atoms with Gasteiger partial charge in [-0.3, -0.25) is 5.32 Å². The molecule has 4 saturated carbocycles. The molecule has 6 aliphatic rings. The lowest BCUT2D eigenvalue weighted by Gasteiger charge is -2.61. The van der Waals surface area contributed by atoms with Gasteiger partial charge in [0.15, 0.2) is 0 Å². The van der Waals surface area contributed by atoms with Gasteiger partial charge in [0.2, 0.25) is 0 Å². The first-order chi connectivity index (χ1) is 14.8. The van der Waals surface area contributed by atoms with E-state index >= 15 is 0 Å². The van der Waals surface area contributed by atoms with Crippen LogP contribution in [0.15, 0.2) is 0 Å². The quantitative estimate of drug-likeness (QED) is 0.578. The highest BCUT2D eigenvalue weighted by Crippen LogP contribution is 2.71. The standard InChI is InChI=1S/C27H45NO3/c1-16-24-22(31-27(16)23(30)12-17(15-29)14-28-27)13-21-19-8-7-18-6-4-5-10-25(18,2)20(19)9-11-26(21,24)3/h16-24,28-30H,4-15H2,1-3H3/t16-,17-,18?,19+,20-,21-,22-,23+,24-,25-,26-,27+/m0/s1. The minimum Gasteiger partial charge on any atom is -0.396 e. The summed E-state index contributed by atoms with van der Waals surface area (Å²) in [4.78, 5) is 0. The van der Waals surface area contributed by atoms with E-state index in [0.29, 0.717) is 29.1 Å². The Balaban J connectivity index is 1.26. The number of nitrogens with one attached hydrogen (secondary N) is 1. The third-order valence-electron chi connectivity index (χ3n) is 12.2. The van der Waals surface area contributed by atoms with Crippen LogP contribution in [0.3, 0.4) is 0 Å². The van der Waals surface area contributed by atoms with E-state index in [1.807, 2.05) is 0 Å². The summed E-state index contributed by atoms with van der Waals surface area (Å²) in [5.41, 5.74) is 0.342. The van der Waals surface area contributed by atoms with E-state index in [-0.39, 0.29) is 18.6 Å². The Kier molecular flexibility index (Phi) is 4.94. The Labute approximate surface area is 188 Å². The van der Waals surface area contributed by atoms with Crippen molar-refractivity contribution in [2.24, 2.45) is 52.3 Å². The van der Waals surface area contributed by atoms with E-state index in [2.05, 4.69) is 26.1 Å². The second-order valence-corrected chi connectivity index (χ2v) is 13.1. The van der Waals surface area contributed by atoms with Gasteiger partial charge in [-0.05, 0) is 97.7 Å². The molecule has 6 fully saturated rings. The first kappa shape index (κ1) is 21.4. The molecule has 12 atom stereocenters. The van der Waals surface area contributed by atoms with E-state index in [9.17, 15) is 10.2 Å². The van der Waals surface area contributed by atoms with Crippen LogP contribution in [0.2, 0.25) is 0 Å². The van der Waals surface area contributed by atoms with Crippen molar-refractivity contribution in [3.8, 4) is 0 Å². The average molecular weight is 432 g/mol. The molecule has 2 saturated heterocycles. The van der Waals surface area contributed by atoms with Crippen molar-refractivity contribution in [1.82, 2.24) is 5.32 Å². The summed E-state index contributed by atoms with van der Waals surface area (Å²) in [6.07, 6.45) is 13.1. The molecule has 0 bridgehead atoms. The van der Waals surface area contributed by atoms with Gasteiger partial charge in [-0.2, -0.15) is 0 Å². The van der Waals surface area contributed by atoms with Gasteiger partial charge < -0.3 is 14.9 Å². The van der Waals surface area contributed by atoms with Crippen LogP contribution in [0.4, 0.5) is 0 Å². The molecule has 0 aromatic carbocycles. The zero-order valence-corrected chi connectivity index (χ0v) is 20.0. The van der Waals surface area contributed by atoms with Crippen LogP contribution in [0.25, 0.3) is 0 Å². The molecule has 0 aromatic rings. The molecule has 31 heavy (non-hydrogen) atoms. The molecule has 4 aliphatic carbocycles. The van der Waals surface area contributed by atoms with E-state index < -0.39 is 11.8 Å². The van der Waals surface area contributed by atoms with Gasteiger partial charge in [0.1, 0.15) is 5.72 Å². The van der Waals surface area contributed by atoms with Crippen LogP contribution >= 0.6 is 0 Å². The third-order valence-corrected chi connectivity index (χ3v) is 12.2. The lowest BCUT2D eigenvalue weighted by atomic mass is 9.44. The second kappa shape index (κ2) is 7.17.